The predicted octanol–water partition coefficient (Wildman–Crippen LogP) is 3.08. The Kier molecular flexibility index (Phi) is 38.8. The van der Waals surface area contributed by atoms with E-state index in [2.05, 4.69) is 31.5 Å². The van der Waals surface area contributed by atoms with Crippen LogP contribution in [0.4, 0.5) is 4.79 Å². The molecule has 14 atom stereocenters. The smallest absolute Gasteiger partial charge is 0.409 e. The molecule has 0 unspecified atom stereocenters. The standard InChI is InChI=1S/C72H131N13O16/c1-25-52-68(94)79(18)50(15)67(93)84(23)59(51(16)101-36-30-29-33-85-34-37-100-38-35-85)65(91)76-56(45(8)9)71(97)80(19)53(39-42(2)3)62(88)73-48(13)61(87)74-49(14)66(92)81(20)54(40-43(4)5)69(95)82(21)55(41-44(6)7)70(96)83(22)58(46(10)11)64(90)77-57(63(89)75-52)60(86)47(12)31-27-26-28-32-78(17)72(98)99-24/h42-60,86H,25-41H2,1-24H3,(H,73,88)(H,74,87)(H,75,89)(H,76,91)(H,77,90)/t47-,48+,49-,50-,51-,52+,53+,54+,55+,56+,57+,58+,59+,60-/m1/s1. The molecule has 2 rings (SSSR count). The number of ether oxygens (including phenoxy) is 3. The minimum absolute atomic E-state index is 0.0391. The summed E-state index contributed by atoms with van der Waals surface area (Å²) >= 11 is 0. The van der Waals surface area contributed by atoms with Gasteiger partial charge in [-0.2, -0.15) is 0 Å². The molecule has 12 amide bonds. The molecule has 29 heteroatoms. The van der Waals surface area contributed by atoms with Crippen LogP contribution in [-0.4, -0.2) is 296 Å². The maximum absolute atomic E-state index is 15.2. The number of carbonyl (C=O) groups is 12. The second-order valence-corrected chi connectivity index (χ2v) is 30.0. The lowest BCUT2D eigenvalue weighted by atomic mass is 9.91. The van der Waals surface area contributed by atoms with Crippen LogP contribution in [0.2, 0.25) is 0 Å². The van der Waals surface area contributed by atoms with Crippen molar-refractivity contribution in [2.24, 2.45) is 35.5 Å². The van der Waals surface area contributed by atoms with E-state index in [1.165, 1.54) is 94.7 Å². The predicted molar refractivity (Wildman–Crippen MR) is 385 cm³/mol. The molecule has 0 radical (unpaired) electrons. The Morgan fingerprint density at radius 3 is 1.54 bits per heavy atom. The molecule has 2 fully saturated rings. The van der Waals surface area contributed by atoms with Crippen LogP contribution < -0.4 is 26.6 Å². The summed E-state index contributed by atoms with van der Waals surface area (Å²) in [6.07, 6.45) is 0.710. The van der Waals surface area contributed by atoms with Crippen molar-refractivity contribution in [2.75, 3.05) is 102 Å². The van der Waals surface area contributed by atoms with Crippen LogP contribution >= 0.6 is 0 Å². The Morgan fingerprint density at radius 1 is 0.525 bits per heavy atom. The zero-order valence-electron chi connectivity index (χ0n) is 65.6. The van der Waals surface area contributed by atoms with Gasteiger partial charge in [0.25, 0.3) is 0 Å². The first kappa shape index (κ1) is 90.4. The Bertz CT molecular complexity index is 2710. The van der Waals surface area contributed by atoms with E-state index in [1.54, 1.807) is 55.5 Å². The average molecular weight is 1430 g/mol. The van der Waals surface area contributed by atoms with Crippen LogP contribution in [0.25, 0.3) is 0 Å². The van der Waals surface area contributed by atoms with E-state index in [0.717, 1.165) is 35.9 Å². The van der Waals surface area contributed by atoms with Crippen molar-refractivity contribution in [3.63, 3.8) is 0 Å². The molecule has 0 aliphatic carbocycles. The summed E-state index contributed by atoms with van der Waals surface area (Å²) in [5.74, 6) is -10.5. The quantitative estimate of drug-likeness (QED) is 0.0756. The van der Waals surface area contributed by atoms with E-state index >= 15 is 28.8 Å². The number of aliphatic hydroxyl groups is 1. The summed E-state index contributed by atoms with van der Waals surface area (Å²) in [5.41, 5.74) is 0. The summed E-state index contributed by atoms with van der Waals surface area (Å²) in [5, 5.41) is 26.1. The highest BCUT2D eigenvalue weighted by molar-refractivity contribution is 6.00. The molecule has 101 heavy (non-hydrogen) atoms. The number of aliphatic hydroxyl groups excluding tert-OH is 1. The monoisotopic (exact) mass is 1430 g/mol. The molecular weight excluding hydrogens is 1300 g/mol. The third-order valence-electron chi connectivity index (χ3n) is 19.6. The van der Waals surface area contributed by atoms with E-state index in [1.807, 2.05) is 41.5 Å². The van der Waals surface area contributed by atoms with Crippen molar-refractivity contribution < 1.29 is 76.9 Å². The number of nitrogens with one attached hydrogen (secondary N) is 5. The zero-order valence-corrected chi connectivity index (χ0v) is 65.6. The maximum atomic E-state index is 15.2. The molecule has 2 aliphatic rings. The van der Waals surface area contributed by atoms with Gasteiger partial charge in [0.05, 0.1) is 32.5 Å². The molecule has 2 aliphatic heterocycles. The van der Waals surface area contributed by atoms with Gasteiger partial charge in [0, 0.05) is 75.6 Å². The van der Waals surface area contributed by atoms with Crippen molar-refractivity contribution in [3.05, 3.63) is 0 Å². The highest BCUT2D eigenvalue weighted by Crippen LogP contribution is 2.25. The van der Waals surface area contributed by atoms with Gasteiger partial charge in [-0.15, -0.1) is 0 Å². The van der Waals surface area contributed by atoms with E-state index in [4.69, 9.17) is 14.2 Å². The molecule has 0 aromatic carbocycles. The van der Waals surface area contributed by atoms with Gasteiger partial charge in [-0.1, -0.05) is 95.9 Å². The van der Waals surface area contributed by atoms with Crippen molar-refractivity contribution >= 4 is 71.1 Å². The number of amides is 12. The molecule has 0 bridgehead atoms. The number of morpholine rings is 1. The molecule has 580 valence electrons. The van der Waals surface area contributed by atoms with Gasteiger partial charge in [-0.25, -0.2) is 4.79 Å². The molecule has 0 aromatic heterocycles. The number of methoxy groups -OCH3 is 1. The molecule has 0 saturated carbocycles. The van der Waals surface area contributed by atoms with Crippen LogP contribution in [-0.2, 0) is 67.0 Å². The van der Waals surface area contributed by atoms with Gasteiger partial charge in [-0.3, -0.25) is 57.6 Å². The van der Waals surface area contributed by atoms with Gasteiger partial charge in [0.15, 0.2) is 0 Å². The Morgan fingerprint density at radius 2 is 1.02 bits per heavy atom. The Hall–Kier alpha value is -6.72. The highest BCUT2D eigenvalue weighted by atomic mass is 16.5. The van der Waals surface area contributed by atoms with E-state index in [0.29, 0.717) is 51.9 Å². The summed E-state index contributed by atoms with van der Waals surface area (Å²) in [6.45, 7) is 31.5. The van der Waals surface area contributed by atoms with E-state index in [-0.39, 0.29) is 50.0 Å². The lowest BCUT2D eigenvalue weighted by Crippen LogP contribution is -2.64. The minimum Gasteiger partial charge on any atom is -0.453 e. The highest BCUT2D eigenvalue weighted by Gasteiger charge is 2.45. The molecule has 2 saturated heterocycles. The van der Waals surface area contributed by atoms with Crippen LogP contribution in [0.1, 0.15) is 175 Å². The maximum Gasteiger partial charge on any atom is 0.409 e. The Balaban J connectivity index is 2.99. The molecule has 0 spiro atoms. The number of rotatable bonds is 24. The van der Waals surface area contributed by atoms with E-state index < -0.39 is 167 Å². The van der Waals surface area contributed by atoms with Crippen LogP contribution in [0.3, 0.4) is 0 Å². The fourth-order valence-corrected chi connectivity index (χ4v) is 12.9. The number of carbonyl (C=O) groups excluding carboxylic acids is 12. The fourth-order valence-electron chi connectivity index (χ4n) is 12.9. The van der Waals surface area contributed by atoms with Crippen molar-refractivity contribution in [3.8, 4) is 0 Å². The minimum atomic E-state index is -1.74. The molecular formula is C72H131N13O16. The largest absolute Gasteiger partial charge is 0.453 e. The Labute approximate surface area is 603 Å². The van der Waals surface area contributed by atoms with Gasteiger partial charge < -0.3 is 80.2 Å². The normalized spacial score (nSPS) is 26.4. The number of hydrogen-bond acceptors (Lipinski definition) is 17. The van der Waals surface area contributed by atoms with Gasteiger partial charge >= 0.3 is 6.09 Å². The van der Waals surface area contributed by atoms with Crippen LogP contribution in [0.15, 0.2) is 0 Å². The first-order valence-corrected chi connectivity index (χ1v) is 36.6. The van der Waals surface area contributed by atoms with Gasteiger partial charge in [0.1, 0.15) is 66.5 Å². The summed E-state index contributed by atoms with van der Waals surface area (Å²) in [6, 6.07) is -14.5. The first-order chi connectivity index (χ1) is 47.1. The number of likely N-dealkylation sites (N-methyl/N-ethyl adjacent to an activating group) is 6. The first-order valence-electron chi connectivity index (χ1n) is 36.6. The number of hydrogen-bond donors (Lipinski definition) is 6. The van der Waals surface area contributed by atoms with Gasteiger partial charge in [-0.05, 0) is 121 Å². The summed E-state index contributed by atoms with van der Waals surface area (Å²) in [4.78, 5) is 186. The molecule has 6 N–H and O–H groups in total. The zero-order chi connectivity index (χ0) is 77.2. The molecule has 2 heterocycles. The lowest BCUT2D eigenvalue weighted by Gasteiger charge is -2.40. The topological polar surface area (TPSA) is 339 Å². The third-order valence-corrected chi connectivity index (χ3v) is 19.6. The summed E-state index contributed by atoms with van der Waals surface area (Å²) in [7, 11) is 11.4. The number of nitrogens with zero attached hydrogens (tertiary/aromatic N) is 8. The van der Waals surface area contributed by atoms with E-state index in [9.17, 15) is 33.9 Å². The summed E-state index contributed by atoms with van der Waals surface area (Å²) < 4.78 is 16.7. The van der Waals surface area contributed by atoms with Crippen LogP contribution in [0, 0.1) is 35.5 Å². The lowest BCUT2D eigenvalue weighted by molar-refractivity contribution is -0.154. The van der Waals surface area contributed by atoms with Crippen molar-refractivity contribution in [1.82, 2.24) is 65.8 Å². The van der Waals surface area contributed by atoms with Crippen LogP contribution in [0.5, 0.6) is 0 Å². The van der Waals surface area contributed by atoms with Crippen molar-refractivity contribution in [2.45, 2.75) is 254 Å². The number of unbranched alkanes of at least 4 members (excludes halogenated alkanes) is 3. The molecule has 29 nitrogen and oxygen atoms in total. The third kappa shape index (κ3) is 27.1. The fraction of sp³-hybridized carbons (Fsp3) is 0.833. The van der Waals surface area contributed by atoms with Crippen molar-refractivity contribution in [1.29, 1.82) is 0 Å². The average Bonchev–Trinajstić information content (AvgIpc) is 0.817. The second kappa shape index (κ2) is 43.4. The SMILES string of the molecule is CC[C@@H]1NC(=O)[C@H]([C@H](O)[C@H](C)CCCCCN(C)C(=O)OC)NC(=O)[C@H](C(C)C)N(C)C(=O)[C@H](CC(C)C)N(C)C(=O)[C@H](CC(C)C)N(C)C(=O)[C@@H](C)NC(=O)[C@H](C)NC(=O)[C@H](CC(C)C)N(C)C(=O)[C@H](C(C)C)NC(=O)[C@H]([C@@H](C)OCCCCN2CCOCC2)N(C)C(=O)[C@@H](C)N(C)C1=O. The second-order valence-electron chi connectivity index (χ2n) is 30.0. The van der Waals surface area contributed by atoms with Gasteiger partial charge in [0.2, 0.25) is 65.0 Å². The molecule has 0 aromatic rings.